The van der Waals surface area contributed by atoms with Crippen molar-refractivity contribution in [2.45, 2.75) is 20.3 Å². The number of nitrogens with zero attached hydrogens (tertiary/aromatic N) is 1. The summed E-state index contributed by atoms with van der Waals surface area (Å²) in [6, 6.07) is 7.47. The predicted molar refractivity (Wildman–Crippen MR) is 86.5 cm³/mol. The van der Waals surface area contributed by atoms with Crippen LogP contribution in [0, 0.1) is 9.49 Å². The zero-order valence-electron chi connectivity index (χ0n) is 12.1. The van der Waals surface area contributed by atoms with Crippen molar-refractivity contribution >= 4 is 34.5 Å². The number of hydrogen-bond donors (Lipinski definition) is 0. The summed E-state index contributed by atoms with van der Waals surface area (Å²) in [6.45, 7) is 5.11. The van der Waals surface area contributed by atoms with E-state index in [0.29, 0.717) is 24.6 Å². The molecule has 0 atom stereocenters. The van der Waals surface area contributed by atoms with Gasteiger partial charge in [0.1, 0.15) is 0 Å². The number of methoxy groups -OCH3 is 1. The quantitative estimate of drug-likeness (QED) is 0.555. The van der Waals surface area contributed by atoms with E-state index in [1.165, 1.54) is 7.11 Å². The van der Waals surface area contributed by atoms with Gasteiger partial charge in [-0.2, -0.15) is 0 Å². The van der Waals surface area contributed by atoms with Crippen molar-refractivity contribution in [2.75, 3.05) is 20.2 Å². The van der Waals surface area contributed by atoms with Crippen LogP contribution in [0.1, 0.15) is 30.6 Å². The Balaban J connectivity index is 2.84. The van der Waals surface area contributed by atoms with Gasteiger partial charge in [-0.15, -0.1) is 0 Å². The second-order valence-electron chi connectivity index (χ2n) is 4.95. The third kappa shape index (κ3) is 5.11. The molecule has 0 heterocycles. The fraction of sp³-hybridized carbons (Fsp3) is 0.467. The molecule has 0 spiro atoms. The van der Waals surface area contributed by atoms with Crippen LogP contribution >= 0.6 is 22.6 Å². The zero-order chi connectivity index (χ0) is 15.1. The molecule has 0 unspecified atom stereocenters. The lowest BCUT2D eigenvalue weighted by Crippen LogP contribution is -2.36. The maximum Gasteiger partial charge on any atom is 0.307 e. The lowest BCUT2D eigenvalue weighted by Gasteiger charge is -2.24. The van der Waals surface area contributed by atoms with Gasteiger partial charge in [0.05, 0.1) is 19.1 Å². The predicted octanol–water partition coefficient (Wildman–Crippen LogP) is 2.95. The summed E-state index contributed by atoms with van der Waals surface area (Å²) in [5.41, 5.74) is 0.679. The third-order valence-corrected chi connectivity index (χ3v) is 3.73. The van der Waals surface area contributed by atoms with Crippen LogP contribution in [-0.4, -0.2) is 37.0 Å². The van der Waals surface area contributed by atoms with Crippen molar-refractivity contribution in [1.82, 2.24) is 4.90 Å². The Morgan fingerprint density at radius 2 is 1.95 bits per heavy atom. The molecule has 0 radical (unpaired) electrons. The molecule has 0 fully saturated rings. The minimum Gasteiger partial charge on any atom is -0.469 e. The van der Waals surface area contributed by atoms with E-state index in [1.807, 2.05) is 38.1 Å². The van der Waals surface area contributed by atoms with E-state index in [1.54, 1.807) is 4.90 Å². The molecule has 110 valence electrons. The molecule has 1 rings (SSSR count). The maximum absolute atomic E-state index is 12.6. The van der Waals surface area contributed by atoms with Crippen LogP contribution in [0.4, 0.5) is 0 Å². The smallest absolute Gasteiger partial charge is 0.307 e. The minimum absolute atomic E-state index is 0.0346. The first-order chi connectivity index (χ1) is 9.45. The number of ether oxygens (including phenoxy) is 1. The van der Waals surface area contributed by atoms with Gasteiger partial charge in [-0.1, -0.05) is 26.0 Å². The molecule has 0 aromatic heterocycles. The average molecular weight is 389 g/mol. The van der Waals surface area contributed by atoms with Crippen molar-refractivity contribution in [3.63, 3.8) is 0 Å². The lowest BCUT2D eigenvalue weighted by atomic mass is 10.1. The van der Waals surface area contributed by atoms with Crippen LogP contribution in [0.2, 0.25) is 0 Å². The molecular weight excluding hydrogens is 369 g/mol. The number of amides is 1. The molecule has 1 amide bonds. The summed E-state index contributed by atoms with van der Waals surface area (Å²) in [6.07, 6.45) is 0.221. The number of carbonyl (C=O) groups excluding carboxylic acids is 2. The number of hydrogen-bond acceptors (Lipinski definition) is 3. The topological polar surface area (TPSA) is 46.6 Å². The molecule has 0 saturated carbocycles. The molecule has 5 heteroatoms. The molecule has 0 aliphatic rings. The van der Waals surface area contributed by atoms with Gasteiger partial charge < -0.3 is 9.64 Å². The van der Waals surface area contributed by atoms with Gasteiger partial charge in [0.2, 0.25) is 0 Å². The summed E-state index contributed by atoms with van der Waals surface area (Å²) in [4.78, 5) is 25.6. The highest BCUT2D eigenvalue weighted by atomic mass is 127. The average Bonchev–Trinajstić information content (AvgIpc) is 2.42. The van der Waals surface area contributed by atoms with Crippen molar-refractivity contribution in [2.24, 2.45) is 5.92 Å². The molecule has 0 N–H and O–H groups in total. The van der Waals surface area contributed by atoms with Gasteiger partial charge in [0, 0.05) is 16.7 Å². The number of benzene rings is 1. The van der Waals surface area contributed by atoms with Crippen LogP contribution < -0.4 is 0 Å². The van der Waals surface area contributed by atoms with Crippen LogP contribution in [0.15, 0.2) is 24.3 Å². The van der Waals surface area contributed by atoms with Gasteiger partial charge in [-0.05, 0) is 40.6 Å². The third-order valence-electron chi connectivity index (χ3n) is 2.79. The Morgan fingerprint density at radius 1 is 1.30 bits per heavy atom. The first-order valence-corrected chi connectivity index (χ1v) is 7.64. The van der Waals surface area contributed by atoms with Gasteiger partial charge in [-0.3, -0.25) is 9.59 Å². The van der Waals surface area contributed by atoms with Crippen LogP contribution in [0.25, 0.3) is 0 Å². The number of rotatable bonds is 6. The molecule has 0 saturated heterocycles. The lowest BCUT2D eigenvalue weighted by molar-refractivity contribution is -0.140. The van der Waals surface area contributed by atoms with E-state index in [4.69, 9.17) is 0 Å². The Morgan fingerprint density at radius 3 is 2.50 bits per heavy atom. The zero-order valence-corrected chi connectivity index (χ0v) is 14.2. The second-order valence-corrected chi connectivity index (χ2v) is 6.11. The molecule has 20 heavy (non-hydrogen) atoms. The van der Waals surface area contributed by atoms with Gasteiger partial charge in [0.15, 0.2) is 0 Å². The highest BCUT2D eigenvalue weighted by Gasteiger charge is 2.19. The van der Waals surface area contributed by atoms with Crippen LogP contribution in [0.5, 0.6) is 0 Å². The van der Waals surface area contributed by atoms with Crippen molar-refractivity contribution < 1.29 is 14.3 Å². The van der Waals surface area contributed by atoms with E-state index >= 15 is 0 Å². The van der Waals surface area contributed by atoms with E-state index in [0.717, 1.165) is 3.57 Å². The number of esters is 1. The van der Waals surface area contributed by atoms with Gasteiger partial charge in [-0.25, -0.2) is 0 Å². The summed E-state index contributed by atoms with van der Waals surface area (Å²) in [7, 11) is 1.36. The Labute approximate surface area is 133 Å². The first-order valence-electron chi connectivity index (χ1n) is 6.56. The number of halogens is 1. The molecule has 4 nitrogen and oxygen atoms in total. The fourth-order valence-electron chi connectivity index (χ4n) is 1.85. The standard InChI is InChI=1S/C15H20INO3/c1-11(2)10-17(9-8-14(18)20-3)15(19)12-6-4-5-7-13(12)16/h4-7,11H,8-10H2,1-3H3. The summed E-state index contributed by atoms with van der Waals surface area (Å²) < 4.78 is 5.55. The first kappa shape index (κ1) is 16.9. The monoisotopic (exact) mass is 389 g/mol. The van der Waals surface area contributed by atoms with Crippen LogP contribution in [0.3, 0.4) is 0 Å². The summed E-state index contributed by atoms with van der Waals surface area (Å²) >= 11 is 2.15. The number of carbonyl (C=O) groups is 2. The fourth-order valence-corrected chi connectivity index (χ4v) is 2.47. The highest BCUT2D eigenvalue weighted by Crippen LogP contribution is 2.15. The molecule has 0 aliphatic heterocycles. The van der Waals surface area contributed by atoms with Crippen molar-refractivity contribution in [3.8, 4) is 0 Å². The Bertz CT molecular complexity index is 474. The van der Waals surface area contributed by atoms with Gasteiger partial charge in [0.25, 0.3) is 5.91 Å². The molecule has 0 bridgehead atoms. The summed E-state index contributed by atoms with van der Waals surface area (Å²) in [5.74, 6) is 0.0138. The normalized spacial score (nSPS) is 10.4. The second kappa shape index (κ2) is 8.24. The maximum atomic E-state index is 12.6. The van der Waals surface area contributed by atoms with Gasteiger partial charge >= 0.3 is 5.97 Å². The van der Waals surface area contributed by atoms with Crippen LogP contribution in [-0.2, 0) is 9.53 Å². The van der Waals surface area contributed by atoms with Crippen molar-refractivity contribution in [3.05, 3.63) is 33.4 Å². The molecule has 0 aliphatic carbocycles. The molecule has 1 aromatic rings. The molecular formula is C15H20INO3. The van der Waals surface area contributed by atoms with E-state index in [-0.39, 0.29) is 18.3 Å². The Kier molecular flexibility index (Phi) is 6.98. The Hall–Kier alpha value is -1.11. The molecule has 1 aromatic carbocycles. The van der Waals surface area contributed by atoms with E-state index in [9.17, 15) is 9.59 Å². The minimum atomic E-state index is -0.297. The SMILES string of the molecule is COC(=O)CCN(CC(C)C)C(=O)c1ccccc1I. The summed E-state index contributed by atoms with van der Waals surface area (Å²) in [5, 5.41) is 0. The van der Waals surface area contributed by atoms with E-state index in [2.05, 4.69) is 27.3 Å². The van der Waals surface area contributed by atoms with Crippen molar-refractivity contribution in [1.29, 1.82) is 0 Å². The highest BCUT2D eigenvalue weighted by molar-refractivity contribution is 14.1. The van der Waals surface area contributed by atoms with E-state index < -0.39 is 0 Å². The largest absolute Gasteiger partial charge is 0.469 e.